The van der Waals surface area contributed by atoms with Crippen molar-refractivity contribution < 1.29 is 9.59 Å². The van der Waals surface area contributed by atoms with Gasteiger partial charge in [-0.2, -0.15) is 0 Å². The smallest absolute Gasteiger partial charge is 0.229 e. The van der Waals surface area contributed by atoms with E-state index in [2.05, 4.69) is 20.8 Å². The molecule has 88 valence electrons. The highest BCUT2D eigenvalue weighted by Crippen LogP contribution is 2.36. The Bertz CT molecular complexity index is 347. The molecule has 1 unspecified atom stereocenters. The van der Waals surface area contributed by atoms with Gasteiger partial charge >= 0.3 is 0 Å². The number of rotatable bonds is 1. The normalized spacial score (nSPS) is 26.1. The predicted molar refractivity (Wildman–Crippen MR) is 61.6 cm³/mol. The second-order valence-corrected chi connectivity index (χ2v) is 5.89. The first-order valence-corrected chi connectivity index (χ1v) is 5.93. The summed E-state index contributed by atoms with van der Waals surface area (Å²) in [7, 11) is 0. The van der Waals surface area contributed by atoms with Gasteiger partial charge in [0.05, 0.1) is 0 Å². The summed E-state index contributed by atoms with van der Waals surface area (Å²) in [6, 6.07) is 0.0121. The fraction of sp³-hybridized carbons (Fsp3) is 0.692. The molecular weight excluding hydrogens is 202 g/mol. The molecule has 0 saturated heterocycles. The highest BCUT2D eigenvalue weighted by atomic mass is 16.2. The monoisotopic (exact) mass is 221 g/mol. The molecule has 1 aliphatic heterocycles. The van der Waals surface area contributed by atoms with Crippen LogP contribution < -0.4 is 0 Å². The van der Waals surface area contributed by atoms with E-state index in [1.807, 2.05) is 0 Å². The van der Waals surface area contributed by atoms with Crippen LogP contribution in [0, 0.1) is 11.3 Å². The van der Waals surface area contributed by atoms with Crippen molar-refractivity contribution in [2.45, 2.75) is 46.1 Å². The van der Waals surface area contributed by atoms with Gasteiger partial charge in [0.1, 0.15) is 0 Å². The van der Waals surface area contributed by atoms with Gasteiger partial charge in [0.2, 0.25) is 5.91 Å². The van der Waals surface area contributed by atoms with Crippen LogP contribution in [0.1, 0.15) is 40.0 Å². The molecule has 0 spiro atoms. The van der Waals surface area contributed by atoms with Crippen LogP contribution in [-0.4, -0.2) is 22.6 Å². The van der Waals surface area contributed by atoms with Gasteiger partial charge in [-0.15, -0.1) is 0 Å². The van der Waals surface area contributed by atoms with Crippen molar-refractivity contribution in [3.05, 3.63) is 12.3 Å². The van der Waals surface area contributed by atoms with Crippen LogP contribution in [0.25, 0.3) is 0 Å². The van der Waals surface area contributed by atoms with E-state index in [1.165, 1.54) is 6.08 Å². The van der Waals surface area contributed by atoms with Gasteiger partial charge in [-0.25, -0.2) is 0 Å². The molecule has 3 nitrogen and oxygen atoms in total. The quantitative estimate of drug-likeness (QED) is 0.680. The molecule has 0 N–H and O–H groups in total. The number of nitrogens with zero attached hydrogens (tertiary/aromatic N) is 1. The highest BCUT2D eigenvalue weighted by Gasteiger charge is 2.41. The fourth-order valence-electron chi connectivity index (χ4n) is 2.12. The lowest BCUT2D eigenvalue weighted by Crippen LogP contribution is -2.47. The van der Waals surface area contributed by atoms with Crippen molar-refractivity contribution in [2.75, 3.05) is 0 Å². The Labute approximate surface area is 96.5 Å². The van der Waals surface area contributed by atoms with E-state index in [0.717, 1.165) is 12.8 Å². The van der Waals surface area contributed by atoms with Crippen molar-refractivity contribution in [3.8, 4) is 0 Å². The van der Waals surface area contributed by atoms with Crippen LogP contribution >= 0.6 is 0 Å². The molecule has 1 saturated carbocycles. The molecule has 3 heteroatoms. The fourth-order valence-corrected chi connectivity index (χ4v) is 2.12. The van der Waals surface area contributed by atoms with E-state index in [9.17, 15) is 9.59 Å². The maximum absolute atomic E-state index is 12.1. The van der Waals surface area contributed by atoms with E-state index in [-0.39, 0.29) is 29.1 Å². The summed E-state index contributed by atoms with van der Waals surface area (Å²) < 4.78 is 0. The molecule has 1 heterocycles. The van der Waals surface area contributed by atoms with Gasteiger partial charge in [0.15, 0.2) is 5.78 Å². The first-order valence-electron chi connectivity index (χ1n) is 5.93. The van der Waals surface area contributed by atoms with Gasteiger partial charge in [-0.1, -0.05) is 20.8 Å². The number of allylic oxidation sites excluding steroid dienone is 1. The second kappa shape index (κ2) is 3.72. The zero-order chi connectivity index (χ0) is 11.9. The van der Waals surface area contributed by atoms with Crippen molar-refractivity contribution in [3.63, 3.8) is 0 Å². The van der Waals surface area contributed by atoms with E-state index in [4.69, 9.17) is 0 Å². The molecule has 16 heavy (non-hydrogen) atoms. The minimum atomic E-state index is -0.0506. The second-order valence-electron chi connectivity index (χ2n) is 5.89. The largest absolute Gasteiger partial charge is 0.315 e. The molecule has 1 aliphatic carbocycles. The molecule has 0 aromatic carbocycles. The molecular formula is C13H19NO2. The molecule has 0 aromatic rings. The summed E-state index contributed by atoms with van der Waals surface area (Å²) >= 11 is 0. The van der Waals surface area contributed by atoms with Crippen LogP contribution in [0.5, 0.6) is 0 Å². The molecule has 2 aliphatic rings. The summed E-state index contributed by atoms with van der Waals surface area (Å²) in [6.45, 7) is 6.24. The van der Waals surface area contributed by atoms with Crippen molar-refractivity contribution in [1.29, 1.82) is 0 Å². The summed E-state index contributed by atoms with van der Waals surface area (Å²) in [6.07, 6.45) is 5.69. The van der Waals surface area contributed by atoms with E-state index < -0.39 is 0 Å². The Morgan fingerprint density at radius 2 is 2.00 bits per heavy atom. The average Bonchev–Trinajstić information content (AvgIpc) is 2.98. The topological polar surface area (TPSA) is 37.4 Å². The molecule has 1 amide bonds. The molecule has 0 aromatic heterocycles. The van der Waals surface area contributed by atoms with Gasteiger partial charge < -0.3 is 4.90 Å². The lowest BCUT2D eigenvalue weighted by molar-refractivity contribution is -0.135. The van der Waals surface area contributed by atoms with Gasteiger partial charge in [0.25, 0.3) is 0 Å². The number of ketones is 1. The van der Waals surface area contributed by atoms with E-state index in [1.54, 1.807) is 11.1 Å². The van der Waals surface area contributed by atoms with Crippen molar-refractivity contribution in [2.24, 2.45) is 11.3 Å². The molecule has 1 fully saturated rings. The van der Waals surface area contributed by atoms with Crippen LogP contribution in [0.4, 0.5) is 0 Å². The molecule has 0 bridgehead atoms. The maximum atomic E-state index is 12.1. The molecule has 0 radical (unpaired) electrons. The third kappa shape index (κ3) is 2.18. The minimum absolute atomic E-state index is 0.0121. The summed E-state index contributed by atoms with van der Waals surface area (Å²) in [5.74, 6) is 0.533. The SMILES string of the molecule is CC(C)(C)C1CC(=O)C=CN1C(=O)C1CC1. The Morgan fingerprint density at radius 3 is 2.50 bits per heavy atom. The minimum Gasteiger partial charge on any atom is -0.315 e. The summed E-state index contributed by atoms with van der Waals surface area (Å²) in [5.41, 5.74) is -0.0506. The van der Waals surface area contributed by atoms with Gasteiger partial charge in [-0.3, -0.25) is 9.59 Å². The van der Waals surface area contributed by atoms with Crippen LogP contribution in [-0.2, 0) is 9.59 Å². The Kier molecular flexibility index (Phi) is 2.64. The average molecular weight is 221 g/mol. The van der Waals surface area contributed by atoms with Gasteiger partial charge in [-0.05, 0) is 24.3 Å². The Morgan fingerprint density at radius 1 is 1.38 bits per heavy atom. The van der Waals surface area contributed by atoms with Crippen molar-refractivity contribution >= 4 is 11.7 Å². The van der Waals surface area contributed by atoms with E-state index in [0.29, 0.717) is 6.42 Å². The van der Waals surface area contributed by atoms with Gasteiger partial charge in [0, 0.05) is 24.6 Å². The number of hydrogen-bond donors (Lipinski definition) is 0. The van der Waals surface area contributed by atoms with E-state index >= 15 is 0 Å². The number of carbonyl (C=O) groups excluding carboxylic acids is 2. The number of amides is 1. The highest BCUT2D eigenvalue weighted by molar-refractivity contribution is 5.93. The Hall–Kier alpha value is -1.12. The predicted octanol–water partition coefficient (Wildman–Crippen LogP) is 2.13. The summed E-state index contributed by atoms with van der Waals surface area (Å²) in [4.78, 5) is 25.3. The zero-order valence-electron chi connectivity index (χ0n) is 10.2. The van der Waals surface area contributed by atoms with Crippen LogP contribution in [0.2, 0.25) is 0 Å². The third-order valence-electron chi connectivity index (χ3n) is 3.33. The van der Waals surface area contributed by atoms with Crippen LogP contribution in [0.15, 0.2) is 12.3 Å². The standard InChI is InChI=1S/C13H19NO2/c1-13(2,3)11-8-10(15)6-7-14(11)12(16)9-4-5-9/h6-7,9,11H,4-5,8H2,1-3H3. The maximum Gasteiger partial charge on any atom is 0.229 e. The first kappa shape index (κ1) is 11.4. The molecule has 1 atom stereocenters. The number of hydrogen-bond acceptors (Lipinski definition) is 2. The summed E-state index contributed by atoms with van der Waals surface area (Å²) in [5, 5.41) is 0. The zero-order valence-corrected chi connectivity index (χ0v) is 10.2. The lowest BCUT2D eigenvalue weighted by atomic mass is 9.81. The molecule has 2 rings (SSSR count). The van der Waals surface area contributed by atoms with Crippen LogP contribution in [0.3, 0.4) is 0 Å². The first-order chi connectivity index (χ1) is 7.39. The number of carbonyl (C=O) groups is 2. The lowest BCUT2D eigenvalue weighted by Gasteiger charge is -2.40. The third-order valence-corrected chi connectivity index (χ3v) is 3.33. The Balaban J connectivity index is 2.22. The van der Waals surface area contributed by atoms with Crippen molar-refractivity contribution in [1.82, 2.24) is 4.90 Å².